The molecule has 1 rings (SSSR count). The lowest BCUT2D eigenvalue weighted by Gasteiger charge is -2.21. The van der Waals surface area contributed by atoms with Gasteiger partial charge in [0.25, 0.3) is 0 Å². The van der Waals surface area contributed by atoms with E-state index in [1.165, 1.54) is 0 Å². The van der Waals surface area contributed by atoms with Crippen LogP contribution in [-0.2, 0) is 17.8 Å². The molecular weight excluding hydrogens is 268 g/mol. The fourth-order valence-corrected chi connectivity index (χ4v) is 1.84. The van der Waals surface area contributed by atoms with Crippen LogP contribution in [0.15, 0.2) is 12.4 Å². The number of aryl methyl sites for hydroxylation is 1. The van der Waals surface area contributed by atoms with Crippen molar-refractivity contribution in [3.05, 3.63) is 18.2 Å². The van der Waals surface area contributed by atoms with Gasteiger partial charge in [0.2, 0.25) is 0 Å². The van der Waals surface area contributed by atoms with Crippen LogP contribution in [0.25, 0.3) is 0 Å². The lowest BCUT2D eigenvalue weighted by Crippen LogP contribution is -2.41. The standard InChI is InChI=1S/C15H28N4O2/c1-6-8-19-9-7-16-13(19)11-17-12(2)10-18-14(20)21-15(3,4)5/h7,9,12,17H,6,8,10-11H2,1-5H3,(H,18,20). The van der Waals surface area contributed by atoms with Gasteiger partial charge in [-0.3, -0.25) is 0 Å². The fourth-order valence-electron chi connectivity index (χ4n) is 1.84. The summed E-state index contributed by atoms with van der Waals surface area (Å²) in [4.78, 5) is 15.9. The van der Waals surface area contributed by atoms with Gasteiger partial charge in [0, 0.05) is 31.5 Å². The van der Waals surface area contributed by atoms with Gasteiger partial charge in [-0.2, -0.15) is 0 Å². The number of carbonyl (C=O) groups is 1. The average molecular weight is 296 g/mol. The van der Waals surface area contributed by atoms with Gasteiger partial charge in [-0.05, 0) is 34.1 Å². The molecule has 1 aromatic heterocycles. The van der Waals surface area contributed by atoms with Gasteiger partial charge in [-0.25, -0.2) is 9.78 Å². The molecule has 120 valence electrons. The van der Waals surface area contributed by atoms with Gasteiger partial charge >= 0.3 is 6.09 Å². The van der Waals surface area contributed by atoms with E-state index in [4.69, 9.17) is 4.74 Å². The number of nitrogens with zero attached hydrogens (tertiary/aromatic N) is 2. The molecule has 0 aliphatic rings. The summed E-state index contributed by atoms with van der Waals surface area (Å²) in [5, 5.41) is 6.11. The number of hydrogen-bond acceptors (Lipinski definition) is 4. The monoisotopic (exact) mass is 296 g/mol. The van der Waals surface area contributed by atoms with Crippen LogP contribution in [0.1, 0.15) is 46.9 Å². The quantitative estimate of drug-likeness (QED) is 0.810. The Kier molecular flexibility index (Phi) is 6.68. The van der Waals surface area contributed by atoms with E-state index in [2.05, 4.69) is 27.1 Å². The predicted molar refractivity (Wildman–Crippen MR) is 83.1 cm³/mol. The highest BCUT2D eigenvalue weighted by atomic mass is 16.6. The fraction of sp³-hybridized carbons (Fsp3) is 0.733. The Hall–Kier alpha value is -1.56. The van der Waals surface area contributed by atoms with E-state index >= 15 is 0 Å². The van der Waals surface area contributed by atoms with Crippen molar-refractivity contribution in [3.8, 4) is 0 Å². The molecule has 0 radical (unpaired) electrons. The van der Waals surface area contributed by atoms with E-state index in [-0.39, 0.29) is 12.1 Å². The number of rotatable bonds is 7. The molecule has 1 heterocycles. The average Bonchev–Trinajstić information content (AvgIpc) is 2.80. The maximum absolute atomic E-state index is 11.6. The number of imidazole rings is 1. The highest BCUT2D eigenvalue weighted by Gasteiger charge is 2.16. The Bertz CT molecular complexity index is 437. The third-order valence-corrected chi connectivity index (χ3v) is 2.83. The normalized spacial score (nSPS) is 13.0. The molecule has 1 unspecified atom stereocenters. The van der Waals surface area contributed by atoms with E-state index in [1.807, 2.05) is 40.1 Å². The van der Waals surface area contributed by atoms with Gasteiger partial charge in [0.15, 0.2) is 0 Å². The molecular formula is C15H28N4O2. The minimum atomic E-state index is -0.467. The Morgan fingerprint density at radius 3 is 2.81 bits per heavy atom. The Morgan fingerprint density at radius 1 is 1.48 bits per heavy atom. The first kappa shape index (κ1) is 17.5. The molecule has 6 nitrogen and oxygen atoms in total. The van der Waals surface area contributed by atoms with Crippen molar-refractivity contribution < 1.29 is 9.53 Å². The van der Waals surface area contributed by atoms with Gasteiger partial charge < -0.3 is 19.9 Å². The zero-order valence-electron chi connectivity index (χ0n) is 13.8. The number of hydrogen-bond donors (Lipinski definition) is 2. The number of carbonyl (C=O) groups excluding carboxylic acids is 1. The first-order valence-electron chi connectivity index (χ1n) is 7.52. The highest BCUT2D eigenvalue weighted by molar-refractivity contribution is 5.67. The molecule has 0 aliphatic carbocycles. The zero-order valence-corrected chi connectivity index (χ0v) is 13.8. The summed E-state index contributed by atoms with van der Waals surface area (Å²) in [6, 6.07) is 0.143. The van der Waals surface area contributed by atoms with Crippen molar-refractivity contribution in [3.63, 3.8) is 0 Å². The lowest BCUT2D eigenvalue weighted by atomic mass is 10.2. The molecule has 0 saturated heterocycles. The predicted octanol–water partition coefficient (Wildman–Crippen LogP) is 2.30. The van der Waals surface area contributed by atoms with Gasteiger partial charge in [-0.1, -0.05) is 6.92 Å². The van der Waals surface area contributed by atoms with Crippen molar-refractivity contribution in [1.29, 1.82) is 0 Å². The summed E-state index contributed by atoms with van der Waals surface area (Å²) in [6.07, 6.45) is 4.50. The van der Waals surface area contributed by atoms with Crippen molar-refractivity contribution in [2.45, 2.75) is 65.8 Å². The molecule has 0 saturated carbocycles. The Labute approximate surface area is 127 Å². The molecule has 1 atom stereocenters. The molecule has 6 heteroatoms. The molecule has 0 aliphatic heterocycles. The van der Waals surface area contributed by atoms with Crippen molar-refractivity contribution in [2.24, 2.45) is 0 Å². The molecule has 2 N–H and O–H groups in total. The Morgan fingerprint density at radius 2 is 2.19 bits per heavy atom. The summed E-state index contributed by atoms with van der Waals surface area (Å²) in [7, 11) is 0. The van der Waals surface area contributed by atoms with Crippen LogP contribution in [0, 0.1) is 0 Å². The minimum absolute atomic E-state index is 0.143. The first-order chi connectivity index (χ1) is 9.81. The van der Waals surface area contributed by atoms with Crippen molar-refractivity contribution in [1.82, 2.24) is 20.2 Å². The van der Waals surface area contributed by atoms with Gasteiger partial charge in [0.05, 0.1) is 6.54 Å². The smallest absolute Gasteiger partial charge is 0.407 e. The van der Waals surface area contributed by atoms with Crippen LogP contribution >= 0.6 is 0 Å². The number of alkyl carbamates (subject to hydrolysis) is 1. The minimum Gasteiger partial charge on any atom is -0.444 e. The van der Waals surface area contributed by atoms with Crippen LogP contribution in [0.5, 0.6) is 0 Å². The summed E-state index contributed by atoms with van der Waals surface area (Å²) in [5.41, 5.74) is -0.467. The SMILES string of the molecule is CCCn1ccnc1CNC(C)CNC(=O)OC(C)(C)C. The number of aromatic nitrogens is 2. The summed E-state index contributed by atoms with van der Waals surface area (Å²) >= 11 is 0. The topological polar surface area (TPSA) is 68.2 Å². The van der Waals surface area contributed by atoms with E-state index < -0.39 is 5.60 Å². The van der Waals surface area contributed by atoms with Crippen LogP contribution in [-0.4, -0.2) is 33.8 Å². The van der Waals surface area contributed by atoms with Gasteiger partial charge in [0.1, 0.15) is 11.4 Å². The largest absolute Gasteiger partial charge is 0.444 e. The molecule has 0 aromatic carbocycles. The van der Waals surface area contributed by atoms with Crippen molar-refractivity contribution >= 4 is 6.09 Å². The van der Waals surface area contributed by atoms with E-state index in [9.17, 15) is 4.79 Å². The zero-order chi connectivity index (χ0) is 15.9. The highest BCUT2D eigenvalue weighted by Crippen LogP contribution is 2.06. The van der Waals surface area contributed by atoms with E-state index in [0.717, 1.165) is 18.8 Å². The van der Waals surface area contributed by atoms with E-state index in [1.54, 1.807) is 0 Å². The van der Waals surface area contributed by atoms with Crippen LogP contribution in [0.4, 0.5) is 4.79 Å². The third-order valence-electron chi connectivity index (χ3n) is 2.83. The maximum atomic E-state index is 11.6. The summed E-state index contributed by atoms with van der Waals surface area (Å²) < 4.78 is 7.34. The number of ether oxygens (including phenoxy) is 1. The summed E-state index contributed by atoms with van der Waals surface area (Å²) in [5.74, 6) is 1.01. The van der Waals surface area contributed by atoms with Gasteiger partial charge in [-0.15, -0.1) is 0 Å². The second-order valence-electron chi connectivity index (χ2n) is 6.20. The second kappa shape index (κ2) is 8.02. The lowest BCUT2D eigenvalue weighted by molar-refractivity contribution is 0.0523. The molecule has 0 bridgehead atoms. The second-order valence-corrected chi connectivity index (χ2v) is 6.20. The first-order valence-corrected chi connectivity index (χ1v) is 7.52. The van der Waals surface area contributed by atoms with Crippen LogP contribution in [0.3, 0.4) is 0 Å². The molecule has 0 fully saturated rings. The molecule has 21 heavy (non-hydrogen) atoms. The van der Waals surface area contributed by atoms with Crippen LogP contribution in [0.2, 0.25) is 0 Å². The van der Waals surface area contributed by atoms with Crippen LogP contribution < -0.4 is 10.6 Å². The molecule has 0 spiro atoms. The Balaban J connectivity index is 2.29. The number of nitrogens with one attached hydrogen (secondary N) is 2. The molecule has 1 amide bonds. The summed E-state index contributed by atoms with van der Waals surface area (Å²) in [6.45, 7) is 11.9. The molecule has 1 aromatic rings. The number of amides is 1. The third kappa shape index (κ3) is 7.13. The van der Waals surface area contributed by atoms with E-state index in [0.29, 0.717) is 13.1 Å². The maximum Gasteiger partial charge on any atom is 0.407 e. The van der Waals surface area contributed by atoms with Crippen molar-refractivity contribution in [2.75, 3.05) is 6.54 Å².